The molecule has 2 spiro atoms. The average molecular weight is 327 g/mol. The van der Waals surface area contributed by atoms with E-state index in [0.717, 1.165) is 62.4 Å². The number of nitrogens with zero attached hydrogens (tertiary/aromatic N) is 2. The van der Waals surface area contributed by atoms with Gasteiger partial charge >= 0.3 is 0 Å². The molecule has 1 saturated heterocycles. The summed E-state index contributed by atoms with van der Waals surface area (Å²) in [4.78, 5) is 13.1. The van der Waals surface area contributed by atoms with Gasteiger partial charge in [-0.2, -0.15) is 5.11 Å². The highest BCUT2D eigenvalue weighted by Crippen LogP contribution is 2.60. The van der Waals surface area contributed by atoms with Crippen molar-refractivity contribution in [2.45, 2.75) is 52.4 Å². The second-order valence-electron chi connectivity index (χ2n) is 9.22. The van der Waals surface area contributed by atoms with Crippen LogP contribution in [0.4, 0.5) is 0 Å². The summed E-state index contributed by atoms with van der Waals surface area (Å²) in [5.41, 5.74) is 3.74. The molecular weight excluding hydrogens is 302 g/mol. The lowest BCUT2D eigenvalue weighted by molar-refractivity contribution is -0.142. The van der Waals surface area contributed by atoms with Gasteiger partial charge in [0.25, 0.3) is 0 Å². The van der Waals surface area contributed by atoms with Gasteiger partial charge in [-0.3, -0.25) is 4.79 Å². The molecular formula is C19H25N3O2. The summed E-state index contributed by atoms with van der Waals surface area (Å²) in [6, 6.07) is 0. The van der Waals surface area contributed by atoms with Crippen molar-refractivity contribution < 1.29 is 9.53 Å². The number of ether oxygens (including phenoxy) is 1. The summed E-state index contributed by atoms with van der Waals surface area (Å²) >= 11 is 0. The minimum absolute atomic E-state index is 0.0234. The van der Waals surface area contributed by atoms with Gasteiger partial charge in [0.05, 0.1) is 19.8 Å². The first-order valence-electron chi connectivity index (χ1n) is 9.16. The van der Waals surface area contributed by atoms with Crippen LogP contribution in [0.3, 0.4) is 0 Å². The smallest absolute Gasteiger partial charge is 0.162 e. The molecule has 3 heterocycles. The molecule has 0 amide bonds. The first-order valence-corrected chi connectivity index (χ1v) is 9.16. The van der Waals surface area contributed by atoms with Gasteiger partial charge in [-0.15, -0.1) is 5.11 Å². The third kappa shape index (κ3) is 1.88. The van der Waals surface area contributed by atoms with Gasteiger partial charge in [-0.1, -0.05) is 13.8 Å². The van der Waals surface area contributed by atoms with Gasteiger partial charge in [0.15, 0.2) is 11.6 Å². The maximum absolute atomic E-state index is 13.1. The highest BCUT2D eigenvalue weighted by atomic mass is 16.5. The maximum Gasteiger partial charge on any atom is 0.162 e. The first-order chi connectivity index (χ1) is 11.4. The van der Waals surface area contributed by atoms with E-state index in [1.54, 1.807) is 0 Å². The average Bonchev–Trinajstić information content (AvgIpc) is 2.93. The molecule has 3 aliphatic heterocycles. The lowest BCUT2D eigenvalue weighted by atomic mass is 9.54. The van der Waals surface area contributed by atoms with E-state index >= 15 is 0 Å². The van der Waals surface area contributed by atoms with E-state index in [1.165, 1.54) is 5.57 Å². The Balaban J connectivity index is 1.59. The van der Waals surface area contributed by atoms with Crippen LogP contribution in [-0.2, 0) is 9.53 Å². The van der Waals surface area contributed by atoms with E-state index in [9.17, 15) is 4.79 Å². The molecule has 128 valence electrons. The minimum atomic E-state index is -0.117. The Morgan fingerprint density at radius 1 is 1.08 bits per heavy atom. The summed E-state index contributed by atoms with van der Waals surface area (Å²) in [6.45, 7) is 6.82. The van der Waals surface area contributed by atoms with Gasteiger partial charge in [-0.05, 0) is 37.5 Å². The molecule has 1 saturated carbocycles. The molecule has 24 heavy (non-hydrogen) atoms. The lowest BCUT2D eigenvalue weighted by Crippen LogP contribution is -2.51. The van der Waals surface area contributed by atoms with Crippen LogP contribution in [0, 0.1) is 16.2 Å². The zero-order valence-corrected chi connectivity index (χ0v) is 14.6. The van der Waals surface area contributed by atoms with Crippen molar-refractivity contribution in [2.75, 3.05) is 19.8 Å². The number of carbonyl (C=O) groups is 1. The Morgan fingerprint density at radius 3 is 2.50 bits per heavy atom. The second kappa shape index (κ2) is 4.57. The van der Waals surface area contributed by atoms with Crippen LogP contribution >= 0.6 is 0 Å². The standard InChI is InChI=1S/C19H25N3O2/c1-17(2)7-13-15(14(23)8-17)19(12-9-20-22-16(12)21-13)5-3-18(4-6-19)10-24-11-18/h21H,3-11H2,1-2H3. The van der Waals surface area contributed by atoms with Crippen molar-refractivity contribution in [1.82, 2.24) is 5.32 Å². The van der Waals surface area contributed by atoms with Crippen LogP contribution in [0.2, 0.25) is 0 Å². The quantitative estimate of drug-likeness (QED) is 0.741. The molecule has 5 nitrogen and oxygen atoms in total. The number of hydrogen-bond donors (Lipinski definition) is 1. The van der Waals surface area contributed by atoms with Crippen LogP contribution < -0.4 is 5.32 Å². The Labute approximate surface area is 142 Å². The number of dihydropyridines is 1. The molecule has 5 heteroatoms. The topological polar surface area (TPSA) is 63.0 Å². The van der Waals surface area contributed by atoms with Crippen LogP contribution in [0.5, 0.6) is 0 Å². The van der Waals surface area contributed by atoms with E-state index < -0.39 is 0 Å². The molecule has 5 aliphatic rings. The fourth-order valence-corrected chi connectivity index (χ4v) is 5.51. The largest absolute Gasteiger partial charge is 0.380 e. The summed E-state index contributed by atoms with van der Waals surface area (Å²) in [5.74, 6) is 1.27. The molecule has 1 N–H and O–H groups in total. The van der Waals surface area contributed by atoms with Crippen molar-refractivity contribution in [3.8, 4) is 0 Å². The summed E-state index contributed by atoms with van der Waals surface area (Å²) < 4.78 is 5.49. The summed E-state index contributed by atoms with van der Waals surface area (Å²) in [7, 11) is 0. The lowest BCUT2D eigenvalue weighted by Gasteiger charge is -2.54. The molecule has 0 aromatic carbocycles. The summed E-state index contributed by atoms with van der Waals surface area (Å²) in [5, 5.41) is 12.1. The number of hydrogen-bond acceptors (Lipinski definition) is 5. The van der Waals surface area contributed by atoms with E-state index in [0.29, 0.717) is 24.2 Å². The van der Waals surface area contributed by atoms with E-state index in [-0.39, 0.29) is 10.8 Å². The van der Waals surface area contributed by atoms with Crippen molar-refractivity contribution in [3.63, 3.8) is 0 Å². The highest BCUT2D eigenvalue weighted by molar-refractivity contribution is 6.00. The number of Topliss-reactive ketones (excluding diaryl/α,β-unsaturated/α-hetero) is 1. The molecule has 0 bridgehead atoms. The normalized spacial score (nSPS) is 31.8. The monoisotopic (exact) mass is 327 g/mol. The Kier molecular flexibility index (Phi) is 2.82. The fraction of sp³-hybridized carbons (Fsp3) is 0.737. The fourth-order valence-electron chi connectivity index (χ4n) is 5.51. The van der Waals surface area contributed by atoms with Crippen LogP contribution in [0.1, 0.15) is 52.4 Å². The zero-order chi connectivity index (χ0) is 16.6. The number of fused-ring (bicyclic) bond motifs is 2. The van der Waals surface area contributed by atoms with Gasteiger partial charge in [0.1, 0.15) is 0 Å². The molecule has 2 aliphatic carbocycles. The van der Waals surface area contributed by atoms with Gasteiger partial charge in [0, 0.05) is 34.1 Å². The van der Waals surface area contributed by atoms with Gasteiger partial charge in [0.2, 0.25) is 0 Å². The maximum atomic E-state index is 13.1. The minimum Gasteiger partial charge on any atom is -0.380 e. The zero-order valence-electron chi connectivity index (χ0n) is 14.6. The third-order valence-corrected chi connectivity index (χ3v) is 6.87. The molecule has 0 unspecified atom stereocenters. The Hall–Kier alpha value is -1.49. The molecule has 2 fully saturated rings. The molecule has 5 rings (SSSR count). The molecule has 0 radical (unpaired) electrons. The second-order valence-corrected chi connectivity index (χ2v) is 9.22. The van der Waals surface area contributed by atoms with Crippen LogP contribution in [-0.4, -0.2) is 25.5 Å². The first kappa shape index (κ1) is 14.8. The van der Waals surface area contributed by atoms with E-state index in [4.69, 9.17) is 4.74 Å². The summed E-state index contributed by atoms with van der Waals surface area (Å²) in [6.07, 6.45) is 5.98. The number of ketones is 1. The third-order valence-electron chi connectivity index (χ3n) is 6.87. The van der Waals surface area contributed by atoms with Gasteiger partial charge < -0.3 is 10.1 Å². The highest BCUT2D eigenvalue weighted by Gasteiger charge is 2.55. The van der Waals surface area contributed by atoms with Gasteiger partial charge in [-0.25, -0.2) is 0 Å². The van der Waals surface area contributed by atoms with E-state index in [2.05, 4.69) is 29.4 Å². The predicted molar refractivity (Wildman–Crippen MR) is 89.1 cm³/mol. The SMILES string of the molecule is CC1(C)CC(=O)C2=C(C1)NC1=C(CN=N1)C21CCC2(CC1)COC2. The number of carbonyl (C=O) groups excluding carboxylic acids is 1. The van der Waals surface area contributed by atoms with E-state index in [1.807, 2.05) is 0 Å². The Morgan fingerprint density at radius 2 is 1.83 bits per heavy atom. The van der Waals surface area contributed by atoms with Crippen LogP contribution in [0.15, 0.2) is 32.9 Å². The number of nitrogens with one attached hydrogen (secondary N) is 1. The van der Waals surface area contributed by atoms with Crippen molar-refractivity contribution in [2.24, 2.45) is 26.5 Å². The molecule has 0 atom stereocenters. The molecule has 0 aromatic rings. The van der Waals surface area contributed by atoms with Crippen molar-refractivity contribution in [3.05, 3.63) is 22.7 Å². The number of azo groups is 1. The number of allylic oxidation sites excluding steroid dienone is 2. The molecule has 0 aromatic heterocycles. The van der Waals surface area contributed by atoms with Crippen molar-refractivity contribution >= 4 is 5.78 Å². The number of rotatable bonds is 0. The predicted octanol–water partition coefficient (Wildman–Crippen LogP) is 3.49. The van der Waals surface area contributed by atoms with Crippen LogP contribution in [0.25, 0.3) is 0 Å². The Bertz CT molecular complexity index is 715. The van der Waals surface area contributed by atoms with Crippen molar-refractivity contribution in [1.29, 1.82) is 0 Å².